The molecule has 2 nitrogen and oxygen atoms in total. The summed E-state index contributed by atoms with van der Waals surface area (Å²) >= 11 is 0. The lowest BCUT2D eigenvalue weighted by Gasteiger charge is -2.16. The number of fused-ring (bicyclic) bond motifs is 4. The highest BCUT2D eigenvalue weighted by Gasteiger charge is 2.29. The second kappa shape index (κ2) is 5.64. The molecule has 4 aromatic carbocycles. The number of benzene rings is 4. The number of methoxy groups -OCH3 is 1. The van der Waals surface area contributed by atoms with Crippen molar-refractivity contribution in [2.45, 2.75) is 6.61 Å². The average molecular weight is 366 g/mol. The zero-order valence-electron chi connectivity index (χ0n) is 14.3. The molecular formula is C22H13F3O2. The molecule has 0 aliphatic carbocycles. The lowest BCUT2D eigenvalue weighted by molar-refractivity contribution is 0.288. The van der Waals surface area contributed by atoms with Crippen molar-refractivity contribution in [2.24, 2.45) is 0 Å². The molecule has 0 saturated heterocycles. The molecule has 1 aliphatic heterocycles. The molecule has 0 atom stereocenters. The Morgan fingerprint density at radius 2 is 1.63 bits per heavy atom. The van der Waals surface area contributed by atoms with E-state index in [-0.39, 0.29) is 23.1 Å². The molecule has 0 aromatic heterocycles. The van der Waals surface area contributed by atoms with Crippen molar-refractivity contribution >= 4 is 21.5 Å². The van der Waals surface area contributed by atoms with Gasteiger partial charge in [-0.25, -0.2) is 8.78 Å². The lowest BCUT2D eigenvalue weighted by atomic mass is 9.89. The maximum atomic E-state index is 14.6. The van der Waals surface area contributed by atoms with Crippen LogP contribution in [0, 0.1) is 17.5 Å². The van der Waals surface area contributed by atoms with Crippen LogP contribution >= 0.6 is 0 Å². The summed E-state index contributed by atoms with van der Waals surface area (Å²) in [5.41, 5.74) is 2.07. The van der Waals surface area contributed by atoms with Gasteiger partial charge in [-0.05, 0) is 28.5 Å². The van der Waals surface area contributed by atoms with Crippen molar-refractivity contribution in [2.75, 3.05) is 7.11 Å². The van der Waals surface area contributed by atoms with Gasteiger partial charge in [-0.2, -0.15) is 4.39 Å². The van der Waals surface area contributed by atoms with Crippen LogP contribution in [0.1, 0.15) is 5.56 Å². The van der Waals surface area contributed by atoms with Gasteiger partial charge in [-0.1, -0.05) is 36.4 Å². The van der Waals surface area contributed by atoms with E-state index in [9.17, 15) is 13.2 Å². The van der Waals surface area contributed by atoms with E-state index < -0.39 is 17.5 Å². The van der Waals surface area contributed by atoms with Crippen molar-refractivity contribution in [3.8, 4) is 22.6 Å². The van der Waals surface area contributed by atoms with E-state index in [2.05, 4.69) is 0 Å². The molecule has 0 bridgehead atoms. The van der Waals surface area contributed by atoms with E-state index >= 15 is 0 Å². The van der Waals surface area contributed by atoms with Crippen LogP contribution in [0.15, 0.2) is 48.5 Å². The van der Waals surface area contributed by atoms with Crippen molar-refractivity contribution in [1.29, 1.82) is 0 Å². The molecule has 1 heterocycles. The highest BCUT2D eigenvalue weighted by Crippen LogP contribution is 2.49. The number of ether oxygens (including phenoxy) is 2. The smallest absolute Gasteiger partial charge is 0.204 e. The van der Waals surface area contributed by atoms with Crippen LogP contribution in [-0.2, 0) is 6.61 Å². The SMILES string of the molecule is COc1ccc2c(F)c(F)c(F)c3c2c1-c1c(ccc2ccccc12)CO3. The van der Waals surface area contributed by atoms with Crippen molar-refractivity contribution in [3.05, 3.63) is 71.5 Å². The van der Waals surface area contributed by atoms with Gasteiger partial charge in [0.05, 0.1) is 7.11 Å². The number of rotatable bonds is 1. The molecule has 0 saturated carbocycles. The Kier molecular flexibility index (Phi) is 3.34. The summed E-state index contributed by atoms with van der Waals surface area (Å²) in [6.07, 6.45) is 0. The summed E-state index contributed by atoms with van der Waals surface area (Å²) in [6, 6.07) is 14.5. The number of hydrogen-bond acceptors (Lipinski definition) is 2. The number of hydrogen-bond donors (Lipinski definition) is 0. The van der Waals surface area contributed by atoms with E-state index in [4.69, 9.17) is 9.47 Å². The minimum absolute atomic E-state index is 0.0368. The van der Waals surface area contributed by atoms with E-state index in [1.165, 1.54) is 13.2 Å². The van der Waals surface area contributed by atoms with Crippen LogP contribution in [-0.4, -0.2) is 7.11 Å². The first-order valence-electron chi connectivity index (χ1n) is 8.42. The molecule has 5 rings (SSSR count). The quantitative estimate of drug-likeness (QED) is 0.386. The van der Waals surface area contributed by atoms with Crippen molar-refractivity contribution < 1.29 is 22.6 Å². The van der Waals surface area contributed by atoms with Gasteiger partial charge in [-0.3, -0.25) is 0 Å². The predicted molar refractivity (Wildman–Crippen MR) is 97.6 cm³/mol. The molecule has 0 fully saturated rings. The third kappa shape index (κ3) is 2.08. The highest BCUT2D eigenvalue weighted by molar-refractivity contribution is 6.11. The Hall–Kier alpha value is -3.21. The molecule has 1 aliphatic rings. The molecule has 0 radical (unpaired) electrons. The van der Waals surface area contributed by atoms with Gasteiger partial charge in [0, 0.05) is 21.9 Å². The Morgan fingerprint density at radius 3 is 2.44 bits per heavy atom. The van der Waals surface area contributed by atoms with Crippen LogP contribution in [0.5, 0.6) is 11.5 Å². The number of halogens is 3. The molecule has 0 spiro atoms. The summed E-state index contributed by atoms with van der Waals surface area (Å²) in [6.45, 7) is 0.0368. The van der Waals surface area contributed by atoms with Gasteiger partial charge in [0.15, 0.2) is 17.4 Å². The first kappa shape index (κ1) is 16.0. The van der Waals surface area contributed by atoms with Crippen LogP contribution in [0.2, 0.25) is 0 Å². The Bertz CT molecular complexity index is 1250. The molecular weight excluding hydrogens is 353 g/mol. The molecule has 5 heteroatoms. The van der Waals surface area contributed by atoms with E-state index in [0.29, 0.717) is 11.3 Å². The van der Waals surface area contributed by atoms with Gasteiger partial charge in [0.25, 0.3) is 0 Å². The summed E-state index contributed by atoms with van der Waals surface area (Å²) in [5.74, 6) is -3.95. The Labute approximate surface area is 152 Å². The average Bonchev–Trinajstić information content (AvgIpc) is 2.88. The third-order valence-corrected chi connectivity index (χ3v) is 5.07. The van der Waals surface area contributed by atoms with Gasteiger partial charge < -0.3 is 9.47 Å². The Balaban J connectivity index is 2.07. The summed E-state index contributed by atoms with van der Waals surface area (Å²) < 4.78 is 54.3. The summed E-state index contributed by atoms with van der Waals surface area (Å²) in [4.78, 5) is 0. The van der Waals surface area contributed by atoms with Gasteiger partial charge in [0.1, 0.15) is 12.4 Å². The van der Waals surface area contributed by atoms with Crippen LogP contribution in [0.4, 0.5) is 13.2 Å². The van der Waals surface area contributed by atoms with Gasteiger partial charge in [0.2, 0.25) is 5.82 Å². The molecule has 27 heavy (non-hydrogen) atoms. The highest BCUT2D eigenvalue weighted by atomic mass is 19.2. The zero-order valence-corrected chi connectivity index (χ0v) is 14.3. The van der Waals surface area contributed by atoms with E-state index in [1.807, 2.05) is 36.4 Å². The summed E-state index contributed by atoms with van der Waals surface area (Å²) in [5, 5.41) is 2.02. The fourth-order valence-corrected chi connectivity index (χ4v) is 3.86. The summed E-state index contributed by atoms with van der Waals surface area (Å²) in [7, 11) is 1.49. The fraction of sp³-hybridized carbons (Fsp3) is 0.0909. The third-order valence-electron chi connectivity index (χ3n) is 5.07. The predicted octanol–water partition coefficient (Wildman–Crippen LogP) is 5.98. The molecule has 4 aromatic rings. The molecule has 0 amide bonds. The van der Waals surface area contributed by atoms with E-state index in [0.717, 1.165) is 21.9 Å². The normalized spacial score (nSPS) is 12.6. The fourth-order valence-electron chi connectivity index (χ4n) is 3.86. The Morgan fingerprint density at radius 1 is 0.815 bits per heavy atom. The van der Waals surface area contributed by atoms with Crippen LogP contribution in [0.25, 0.3) is 32.7 Å². The second-order valence-corrected chi connectivity index (χ2v) is 6.45. The monoisotopic (exact) mass is 366 g/mol. The lowest BCUT2D eigenvalue weighted by Crippen LogP contribution is -2.01. The van der Waals surface area contributed by atoms with E-state index in [1.54, 1.807) is 6.07 Å². The first-order valence-corrected chi connectivity index (χ1v) is 8.42. The minimum Gasteiger partial charge on any atom is -0.496 e. The van der Waals surface area contributed by atoms with Crippen molar-refractivity contribution in [1.82, 2.24) is 0 Å². The second-order valence-electron chi connectivity index (χ2n) is 6.45. The van der Waals surface area contributed by atoms with Gasteiger partial charge in [-0.15, -0.1) is 0 Å². The van der Waals surface area contributed by atoms with Crippen molar-refractivity contribution in [3.63, 3.8) is 0 Å². The van der Waals surface area contributed by atoms with Crippen LogP contribution in [0.3, 0.4) is 0 Å². The van der Waals surface area contributed by atoms with Gasteiger partial charge >= 0.3 is 0 Å². The maximum Gasteiger partial charge on any atom is 0.204 e. The topological polar surface area (TPSA) is 18.5 Å². The standard InChI is InChI=1S/C22H13F3O2/c1-26-15-9-8-14-17-18(15)16-12(7-6-11-4-2-3-5-13(11)16)10-27-22(17)21(25)20(24)19(14)23/h2-9H,10H2,1H3. The minimum atomic E-state index is -1.54. The maximum absolute atomic E-state index is 14.6. The molecule has 0 N–H and O–H groups in total. The zero-order chi connectivity index (χ0) is 18.7. The molecule has 134 valence electrons. The molecule has 0 unspecified atom stereocenters. The van der Waals surface area contributed by atoms with Crippen LogP contribution < -0.4 is 9.47 Å². The largest absolute Gasteiger partial charge is 0.496 e. The first-order chi connectivity index (χ1) is 13.1.